The summed E-state index contributed by atoms with van der Waals surface area (Å²) >= 11 is 3.44. The highest BCUT2D eigenvalue weighted by molar-refractivity contribution is 9.10. The van der Waals surface area contributed by atoms with Gasteiger partial charge in [-0.1, -0.05) is 13.3 Å². The number of rotatable bonds is 9. The minimum atomic E-state index is -0.686. The van der Waals surface area contributed by atoms with Crippen molar-refractivity contribution in [2.24, 2.45) is 0 Å². The molecule has 1 aromatic heterocycles. The molecule has 0 saturated heterocycles. The summed E-state index contributed by atoms with van der Waals surface area (Å²) in [6.45, 7) is 5.77. The van der Waals surface area contributed by atoms with Gasteiger partial charge in [-0.25, -0.2) is 0 Å². The van der Waals surface area contributed by atoms with Crippen LogP contribution in [0.3, 0.4) is 0 Å². The molecule has 1 aromatic rings. The molecule has 0 aliphatic rings. The molecule has 19 heavy (non-hydrogen) atoms. The van der Waals surface area contributed by atoms with Crippen molar-refractivity contribution < 1.29 is 14.6 Å². The van der Waals surface area contributed by atoms with Gasteiger partial charge in [0.1, 0.15) is 6.10 Å². The zero-order valence-corrected chi connectivity index (χ0v) is 13.4. The third-order valence-electron chi connectivity index (χ3n) is 2.93. The van der Waals surface area contributed by atoms with Crippen LogP contribution in [0.15, 0.2) is 10.7 Å². The normalized spacial score (nSPS) is 14.6. The summed E-state index contributed by atoms with van der Waals surface area (Å²) < 4.78 is 13.3. The summed E-state index contributed by atoms with van der Waals surface area (Å²) in [7, 11) is 1.65. The first-order valence-electron chi connectivity index (χ1n) is 6.65. The molecule has 0 saturated carbocycles. The first-order chi connectivity index (χ1) is 9.15. The number of ether oxygens (including phenoxy) is 2. The topological polar surface area (TPSA) is 56.5 Å². The Kier molecular flexibility index (Phi) is 7.60. The molecular formula is C13H23BrN2O3. The Morgan fingerprint density at radius 3 is 2.79 bits per heavy atom. The maximum Gasteiger partial charge on any atom is 0.123 e. The molecule has 2 unspecified atom stereocenters. The number of nitrogens with zero attached hydrogens (tertiary/aromatic N) is 2. The van der Waals surface area contributed by atoms with Gasteiger partial charge in [0.25, 0.3) is 0 Å². The molecular weight excluding hydrogens is 312 g/mol. The van der Waals surface area contributed by atoms with Gasteiger partial charge in [0, 0.05) is 13.7 Å². The molecule has 6 heteroatoms. The van der Waals surface area contributed by atoms with Gasteiger partial charge in [-0.2, -0.15) is 5.10 Å². The van der Waals surface area contributed by atoms with Gasteiger partial charge in [-0.15, -0.1) is 0 Å². The molecule has 2 atom stereocenters. The van der Waals surface area contributed by atoms with Gasteiger partial charge in [-0.3, -0.25) is 4.68 Å². The van der Waals surface area contributed by atoms with Crippen LogP contribution in [0.5, 0.6) is 0 Å². The number of hydrogen-bond donors (Lipinski definition) is 1. The zero-order valence-electron chi connectivity index (χ0n) is 11.8. The second-order valence-corrected chi connectivity index (χ2v) is 5.18. The summed E-state index contributed by atoms with van der Waals surface area (Å²) in [5, 5.41) is 14.8. The van der Waals surface area contributed by atoms with Gasteiger partial charge in [0.05, 0.1) is 35.6 Å². The highest BCUT2D eigenvalue weighted by atomic mass is 79.9. The Balaban J connectivity index is 2.88. The molecule has 1 rings (SSSR count). The van der Waals surface area contributed by atoms with E-state index in [-0.39, 0.29) is 6.10 Å². The van der Waals surface area contributed by atoms with Gasteiger partial charge in [0.15, 0.2) is 0 Å². The van der Waals surface area contributed by atoms with E-state index in [9.17, 15) is 5.11 Å². The van der Waals surface area contributed by atoms with Gasteiger partial charge in [0.2, 0.25) is 0 Å². The van der Waals surface area contributed by atoms with Gasteiger partial charge in [-0.05, 0) is 29.3 Å². The Morgan fingerprint density at radius 2 is 2.21 bits per heavy atom. The molecule has 0 spiro atoms. The summed E-state index contributed by atoms with van der Waals surface area (Å²) in [5.41, 5.74) is 0.754. The van der Waals surface area contributed by atoms with Crippen LogP contribution < -0.4 is 0 Å². The highest BCUT2D eigenvalue weighted by Gasteiger charge is 2.26. The van der Waals surface area contributed by atoms with Crippen molar-refractivity contribution in [1.82, 2.24) is 9.78 Å². The summed E-state index contributed by atoms with van der Waals surface area (Å²) in [4.78, 5) is 0. The number of aliphatic hydroxyl groups excluding tert-OH is 1. The van der Waals surface area contributed by atoms with Crippen molar-refractivity contribution in [3.63, 3.8) is 0 Å². The van der Waals surface area contributed by atoms with E-state index in [0.29, 0.717) is 19.8 Å². The van der Waals surface area contributed by atoms with Gasteiger partial charge >= 0.3 is 0 Å². The number of halogens is 1. The van der Waals surface area contributed by atoms with Gasteiger partial charge < -0.3 is 14.6 Å². The number of aliphatic hydroxyl groups is 1. The van der Waals surface area contributed by atoms with E-state index in [4.69, 9.17) is 9.47 Å². The molecule has 0 radical (unpaired) electrons. The fourth-order valence-electron chi connectivity index (χ4n) is 2.03. The Hall–Kier alpha value is -0.430. The molecule has 0 bridgehead atoms. The Morgan fingerprint density at radius 1 is 1.47 bits per heavy atom. The fourth-order valence-corrected chi connectivity index (χ4v) is 2.56. The van der Waals surface area contributed by atoms with E-state index < -0.39 is 6.10 Å². The standard InChI is InChI=1S/C13H23BrN2O3/c1-4-6-11(19-5-2)13(17)12-10(14)9-15-16(12)7-8-18-3/h9,11,13,17H,4-8H2,1-3H3. The Labute approximate surface area is 123 Å². The smallest absolute Gasteiger partial charge is 0.123 e. The van der Waals surface area contributed by atoms with Crippen LogP contribution in [0, 0.1) is 0 Å². The Bertz CT molecular complexity index is 365. The molecule has 1 N–H and O–H groups in total. The molecule has 0 amide bonds. The van der Waals surface area contributed by atoms with E-state index >= 15 is 0 Å². The molecule has 110 valence electrons. The van der Waals surface area contributed by atoms with E-state index in [1.54, 1.807) is 18.0 Å². The first kappa shape index (κ1) is 16.6. The van der Waals surface area contributed by atoms with Crippen molar-refractivity contribution in [2.75, 3.05) is 20.3 Å². The van der Waals surface area contributed by atoms with Crippen molar-refractivity contribution in [3.05, 3.63) is 16.4 Å². The van der Waals surface area contributed by atoms with Crippen LogP contribution >= 0.6 is 15.9 Å². The average Bonchev–Trinajstić information content (AvgIpc) is 2.76. The molecule has 0 aliphatic heterocycles. The number of aromatic nitrogens is 2. The summed E-state index contributed by atoms with van der Waals surface area (Å²) in [6, 6.07) is 0. The predicted molar refractivity (Wildman–Crippen MR) is 77.1 cm³/mol. The highest BCUT2D eigenvalue weighted by Crippen LogP contribution is 2.28. The maximum atomic E-state index is 10.5. The monoisotopic (exact) mass is 334 g/mol. The van der Waals surface area contributed by atoms with E-state index in [0.717, 1.165) is 23.0 Å². The van der Waals surface area contributed by atoms with Crippen LogP contribution in [0.4, 0.5) is 0 Å². The van der Waals surface area contributed by atoms with E-state index in [1.165, 1.54) is 0 Å². The minimum absolute atomic E-state index is 0.204. The van der Waals surface area contributed by atoms with Crippen LogP contribution in [0.1, 0.15) is 38.5 Å². The summed E-state index contributed by atoms with van der Waals surface area (Å²) in [5.74, 6) is 0. The molecule has 5 nitrogen and oxygen atoms in total. The van der Waals surface area contributed by atoms with Crippen molar-refractivity contribution in [1.29, 1.82) is 0 Å². The summed E-state index contributed by atoms with van der Waals surface area (Å²) in [6.07, 6.45) is 2.59. The SMILES string of the molecule is CCCC(OCC)C(O)c1c(Br)cnn1CCOC. The molecule has 1 heterocycles. The van der Waals surface area contributed by atoms with Crippen LogP contribution in [-0.2, 0) is 16.0 Å². The lowest BCUT2D eigenvalue weighted by Crippen LogP contribution is -2.25. The van der Waals surface area contributed by atoms with Crippen molar-refractivity contribution in [3.8, 4) is 0 Å². The minimum Gasteiger partial charge on any atom is -0.384 e. The molecule has 0 aromatic carbocycles. The third-order valence-corrected chi connectivity index (χ3v) is 3.54. The largest absolute Gasteiger partial charge is 0.384 e. The maximum absolute atomic E-state index is 10.5. The second kappa shape index (κ2) is 8.68. The van der Waals surface area contributed by atoms with Crippen LogP contribution in [-0.4, -0.2) is 41.3 Å². The van der Waals surface area contributed by atoms with Crippen molar-refractivity contribution >= 4 is 15.9 Å². The lowest BCUT2D eigenvalue weighted by atomic mass is 10.1. The fraction of sp³-hybridized carbons (Fsp3) is 0.769. The third kappa shape index (κ3) is 4.56. The zero-order chi connectivity index (χ0) is 14.3. The average molecular weight is 335 g/mol. The lowest BCUT2D eigenvalue weighted by molar-refractivity contribution is -0.0426. The quantitative estimate of drug-likeness (QED) is 0.753. The molecule has 0 fully saturated rings. The van der Waals surface area contributed by atoms with Crippen LogP contribution in [0.2, 0.25) is 0 Å². The van der Waals surface area contributed by atoms with Crippen molar-refractivity contribution in [2.45, 2.75) is 45.4 Å². The first-order valence-corrected chi connectivity index (χ1v) is 7.44. The van der Waals surface area contributed by atoms with E-state index in [1.807, 2.05) is 6.92 Å². The van der Waals surface area contributed by atoms with Crippen LogP contribution in [0.25, 0.3) is 0 Å². The molecule has 0 aliphatic carbocycles. The number of hydrogen-bond acceptors (Lipinski definition) is 4. The predicted octanol–water partition coefficient (Wildman–Crippen LogP) is 2.53. The number of methoxy groups -OCH3 is 1. The second-order valence-electron chi connectivity index (χ2n) is 4.32. The lowest BCUT2D eigenvalue weighted by Gasteiger charge is -2.23. The van der Waals surface area contributed by atoms with E-state index in [2.05, 4.69) is 28.0 Å².